The Kier molecular flexibility index (Phi) is 6.17. The molecule has 0 unspecified atom stereocenters. The van der Waals surface area contributed by atoms with E-state index in [9.17, 15) is 0 Å². The third-order valence-electron chi connectivity index (χ3n) is 3.42. The molecule has 23 heavy (non-hydrogen) atoms. The molecule has 0 fully saturated rings. The molecule has 0 aliphatic carbocycles. The van der Waals surface area contributed by atoms with Crippen molar-refractivity contribution in [2.75, 3.05) is 23.9 Å². The monoisotopic (exact) mass is 369 g/mol. The second-order valence-corrected chi connectivity index (χ2v) is 6.14. The van der Waals surface area contributed by atoms with Crippen LogP contribution in [0.25, 0.3) is 0 Å². The zero-order valence-electron chi connectivity index (χ0n) is 13.2. The Hall–Kier alpha value is -1.42. The molecule has 0 amide bonds. The lowest BCUT2D eigenvalue weighted by molar-refractivity contribution is 0.892. The number of benzene rings is 2. The predicted octanol–water partition coefficient (Wildman–Crippen LogP) is 5.94. The number of hydrogen-bond donors (Lipinski definition) is 1. The minimum absolute atomic E-state index is 0.493. The Morgan fingerprint density at radius 2 is 1.91 bits per heavy atom. The first-order chi connectivity index (χ1) is 11.0. The highest BCUT2D eigenvalue weighted by Crippen LogP contribution is 2.33. The maximum atomic E-state index is 6.30. The lowest BCUT2D eigenvalue weighted by Crippen LogP contribution is -2.18. The Labute approximate surface area is 151 Å². The molecule has 2 rings (SSSR count). The minimum atomic E-state index is 0.493. The van der Waals surface area contributed by atoms with Crippen LogP contribution in [0.1, 0.15) is 19.4 Å². The molecule has 2 aromatic carbocycles. The Morgan fingerprint density at radius 1 is 1.17 bits per heavy atom. The molecule has 0 aliphatic heterocycles. The maximum Gasteiger partial charge on any atom is 0.0845 e. The van der Waals surface area contributed by atoms with Gasteiger partial charge in [0.25, 0.3) is 0 Å². The van der Waals surface area contributed by atoms with Gasteiger partial charge in [-0.15, -0.1) is 0 Å². The largest absolute Gasteiger partial charge is 0.388 e. The van der Waals surface area contributed by atoms with Gasteiger partial charge in [-0.05, 0) is 44.2 Å². The van der Waals surface area contributed by atoms with E-state index in [4.69, 9.17) is 39.9 Å². The first-order valence-electron chi connectivity index (χ1n) is 7.22. The van der Waals surface area contributed by atoms with E-state index in [2.05, 4.69) is 5.32 Å². The van der Waals surface area contributed by atoms with Gasteiger partial charge in [0.2, 0.25) is 0 Å². The van der Waals surface area contributed by atoms with Gasteiger partial charge in [-0.1, -0.05) is 40.9 Å². The fourth-order valence-corrected chi connectivity index (χ4v) is 2.82. The normalized spacial score (nSPS) is 11.5. The summed E-state index contributed by atoms with van der Waals surface area (Å²) in [5, 5.41) is 11.3. The zero-order chi connectivity index (χ0) is 17.0. The van der Waals surface area contributed by atoms with E-state index in [1.165, 1.54) is 0 Å². The topological polar surface area (TPSA) is 27.6 Å². The van der Waals surface area contributed by atoms with Crippen LogP contribution in [-0.4, -0.2) is 19.3 Å². The minimum Gasteiger partial charge on any atom is -0.388 e. The summed E-state index contributed by atoms with van der Waals surface area (Å²) in [5.74, 6) is 0. The number of nitrogens with zero attached hydrogens (tertiary/aromatic N) is 2. The van der Waals surface area contributed by atoms with Gasteiger partial charge in [0.15, 0.2) is 0 Å². The lowest BCUT2D eigenvalue weighted by atomic mass is 10.1. The Balaban J connectivity index is 2.45. The lowest BCUT2D eigenvalue weighted by Gasteiger charge is -2.21. The van der Waals surface area contributed by atoms with Crippen LogP contribution in [0, 0.1) is 0 Å². The Morgan fingerprint density at radius 3 is 2.57 bits per heavy atom. The number of rotatable bonds is 5. The van der Waals surface area contributed by atoms with E-state index in [0.717, 1.165) is 22.6 Å². The number of anilines is 2. The molecule has 0 aromatic heterocycles. The highest BCUT2D eigenvalue weighted by molar-refractivity contribution is 6.43. The second-order valence-electron chi connectivity index (χ2n) is 4.91. The molecule has 0 saturated heterocycles. The van der Waals surface area contributed by atoms with Gasteiger partial charge in [-0.2, -0.15) is 5.10 Å². The number of hydrazone groups is 1. The van der Waals surface area contributed by atoms with E-state index in [1.807, 2.05) is 56.2 Å². The van der Waals surface area contributed by atoms with E-state index < -0.39 is 0 Å². The summed E-state index contributed by atoms with van der Waals surface area (Å²) in [6, 6.07) is 11.2. The number of hydrogen-bond acceptors (Lipinski definition) is 3. The average Bonchev–Trinajstić information content (AvgIpc) is 2.55. The zero-order valence-corrected chi connectivity index (χ0v) is 15.5. The van der Waals surface area contributed by atoms with Crippen molar-refractivity contribution in [1.82, 2.24) is 0 Å². The molecule has 0 bridgehead atoms. The van der Waals surface area contributed by atoms with E-state index in [0.29, 0.717) is 21.6 Å². The summed E-state index contributed by atoms with van der Waals surface area (Å²) < 4.78 is 0. The average molecular weight is 371 g/mol. The van der Waals surface area contributed by atoms with Crippen LogP contribution >= 0.6 is 34.8 Å². The fourth-order valence-electron chi connectivity index (χ4n) is 2.26. The molecule has 1 N–H and O–H groups in total. The Bertz CT molecular complexity index is 729. The molecule has 0 heterocycles. The van der Waals surface area contributed by atoms with Crippen molar-refractivity contribution in [3.05, 3.63) is 57.0 Å². The quantitative estimate of drug-likeness (QED) is 0.521. The maximum absolute atomic E-state index is 6.30. The van der Waals surface area contributed by atoms with Crippen molar-refractivity contribution in [3.8, 4) is 0 Å². The van der Waals surface area contributed by atoms with Gasteiger partial charge in [0.05, 0.1) is 21.4 Å². The smallest absolute Gasteiger partial charge is 0.0845 e. The van der Waals surface area contributed by atoms with Crippen LogP contribution < -0.4 is 10.3 Å². The number of halogens is 3. The highest BCUT2D eigenvalue weighted by atomic mass is 35.5. The molecule has 122 valence electrons. The van der Waals surface area contributed by atoms with Crippen LogP contribution in [0.15, 0.2) is 41.5 Å². The second kappa shape index (κ2) is 7.91. The fraction of sp³-hybridized carbons (Fsp3) is 0.235. The van der Waals surface area contributed by atoms with Gasteiger partial charge in [0, 0.05) is 29.9 Å². The molecule has 0 atom stereocenters. The summed E-state index contributed by atoms with van der Waals surface area (Å²) in [7, 11) is 1.87. The molecule has 3 nitrogen and oxygen atoms in total. The van der Waals surface area contributed by atoms with Gasteiger partial charge < -0.3 is 5.32 Å². The van der Waals surface area contributed by atoms with Crippen LogP contribution in [0.4, 0.5) is 11.4 Å². The molecule has 0 radical (unpaired) electrons. The predicted molar refractivity (Wildman–Crippen MR) is 103 cm³/mol. The molecule has 0 spiro atoms. The van der Waals surface area contributed by atoms with Crippen LogP contribution in [0.3, 0.4) is 0 Å². The molecule has 2 aromatic rings. The SMILES string of the molecule is CCN(/N=C(\C)c1cc(Cl)ccc1NC)c1cccc(Cl)c1Cl. The van der Waals surface area contributed by atoms with E-state index in [-0.39, 0.29) is 0 Å². The number of nitrogens with one attached hydrogen (secondary N) is 1. The van der Waals surface area contributed by atoms with Crippen LogP contribution in [0.2, 0.25) is 15.1 Å². The van der Waals surface area contributed by atoms with Crippen molar-refractivity contribution >= 4 is 51.9 Å². The van der Waals surface area contributed by atoms with E-state index >= 15 is 0 Å². The summed E-state index contributed by atoms with van der Waals surface area (Å²) in [6.45, 7) is 4.60. The van der Waals surface area contributed by atoms with Gasteiger partial charge >= 0.3 is 0 Å². The third kappa shape index (κ3) is 4.11. The van der Waals surface area contributed by atoms with Crippen LogP contribution in [-0.2, 0) is 0 Å². The standard InChI is InChI=1S/C17H18Cl3N3/c1-4-23(16-7-5-6-14(19)17(16)20)22-11(2)13-10-12(18)8-9-15(13)21-3/h5-10,21H,4H2,1-3H3/b22-11+. The third-order valence-corrected chi connectivity index (χ3v) is 4.46. The summed E-state index contributed by atoms with van der Waals surface area (Å²) in [5.41, 5.74) is 3.50. The van der Waals surface area contributed by atoms with E-state index in [1.54, 1.807) is 6.07 Å². The van der Waals surface area contributed by atoms with Crippen molar-refractivity contribution in [2.45, 2.75) is 13.8 Å². The summed E-state index contributed by atoms with van der Waals surface area (Å²) in [6.07, 6.45) is 0. The van der Waals surface area contributed by atoms with Crippen molar-refractivity contribution < 1.29 is 0 Å². The van der Waals surface area contributed by atoms with Gasteiger partial charge in [-0.3, -0.25) is 5.01 Å². The first kappa shape index (κ1) is 17.9. The van der Waals surface area contributed by atoms with Crippen molar-refractivity contribution in [2.24, 2.45) is 5.10 Å². The molecule has 0 aliphatic rings. The molecule has 0 saturated carbocycles. The van der Waals surface area contributed by atoms with Gasteiger partial charge in [-0.25, -0.2) is 0 Å². The molecule has 6 heteroatoms. The highest BCUT2D eigenvalue weighted by Gasteiger charge is 2.12. The van der Waals surface area contributed by atoms with Gasteiger partial charge in [0.1, 0.15) is 0 Å². The van der Waals surface area contributed by atoms with Crippen LogP contribution in [0.5, 0.6) is 0 Å². The first-order valence-corrected chi connectivity index (χ1v) is 8.35. The molecular weight excluding hydrogens is 353 g/mol. The van der Waals surface area contributed by atoms with Crippen molar-refractivity contribution in [3.63, 3.8) is 0 Å². The summed E-state index contributed by atoms with van der Waals surface area (Å²) >= 11 is 18.5. The van der Waals surface area contributed by atoms with Crippen molar-refractivity contribution in [1.29, 1.82) is 0 Å². The molecular formula is C17H18Cl3N3. The summed E-state index contributed by atoms with van der Waals surface area (Å²) in [4.78, 5) is 0.